The topological polar surface area (TPSA) is 238 Å². The lowest BCUT2D eigenvalue weighted by Gasteiger charge is -2.33. The third-order valence-electron chi connectivity index (χ3n) is 18.7. The van der Waals surface area contributed by atoms with Crippen LogP contribution in [0.1, 0.15) is 123 Å². The van der Waals surface area contributed by atoms with Crippen molar-refractivity contribution in [3.8, 4) is 34.5 Å². The van der Waals surface area contributed by atoms with Gasteiger partial charge in [-0.05, 0) is 214 Å². The zero-order valence-corrected chi connectivity index (χ0v) is 71.4. The highest BCUT2D eigenvalue weighted by atomic mass is 32.4. The standard InChI is InChI=1S/C89H97BN8O11P5S/c1-61(2)85(99)91-71-40-50-77(51-41-71)106-113(107-79-56-46-74(47-57-79)94-89(103)67(10)111(90)115)96-112(104-76-48-34-64(7)35-49-76,97-114(98-113,108-80-52-42-72(43-53-80)92-86(100)62(3)4)109-81-29-23-28-75(60-81)95-87(101)63(5)6)105-78-54-44-73(45-55-78)93-88(102)66(9)24-15-11-16-27-70(69-25-17-12-18-26-69)37-36-65(8)68-38-58-84(59-39-68)110(82-30-19-13-20-31-82)83-32-21-14-22-33-83/h11-14,16-23,25-26,28-35,38-63,65-67,70H,15,24,27,36-37H2,1-10H3,(H,91,99)(H,92,100)(H,93,102)(H,94,103)(H,95,101)/q+1/b16-11+. The number of hydrogen-bond acceptors (Lipinski definition) is 15. The van der Waals surface area contributed by atoms with Crippen molar-refractivity contribution < 1.29 is 51.1 Å². The quantitative estimate of drug-likeness (QED) is 0.0140. The molecule has 0 fully saturated rings. The molecule has 8 atom stereocenters. The Morgan fingerprint density at radius 2 is 0.757 bits per heavy atom. The van der Waals surface area contributed by atoms with Crippen LogP contribution in [0.25, 0.3) is 0 Å². The first-order chi connectivity index (χ1) is 55.3. The van der Waals surface area contributed by atoms with Gasteiger partial charge in [0.2, 0.25) is 23.6 Å². The van der Waals surface area contributed by atoms with Crippen molar-refractivity contribution in [2.75, 3.05) is 26.6 Å². The van der Waals surface area contributed by atoms with Gasteiger partial charge in [-0.25, -0.2) is 0 Å². The Morgan fingerprint density at radius 3 is 1.17 bits per heavy atom. The van der Waals surface area contributed by atoms with Crippen LogP contribution in [0, 0.1) is 30.6 Å². The molecular weight excluding hydrogens is 1550 g/mol. The number of carbonyl (C=O) groups is 5. The molecule has 5 amide bonds. The van der Waals surface area contributed by atoms with Gasteiger partial charge in [0.25, 0.3) is 5.91 Å². The number of benzene rings is 10. The SMILES string of the molecule is [B][P+](=S)C(C)C(=O)Nc1ccc(OP2(Oc3ccc(NC(=O)C(C)C)cc3)=NP(Oc3ccc(NC(=O)C(C)C)cc3)(Oc3cccc(NC(=O)C(C)C)c3)=NP(Oc3ccc(C)cc3)(Oc3ccc(NC(=O)C(C)CC/C=C/CC(CCC(C)c4ccc(P(c5ccccc5)c5ccccc5)cc4)c4ccccc4)cc3)=N2)cc1. The van der Waals surface area contributed by atoms with Crippen LogP contribution in [0.4, 0.5) is 28.4 Å². The van der Waals surface area contributed by atoms with Crippen molar-refractivity contribution in [1.82, 2.24) is 0 Å². The molecule has 0 aromatic heterocycles. The lowest BCUT2D eigenvalue weighted by molar-refractivity contribution is -0.120. The fraction of sp³-hybridized carbons (Fsp3) is 0.247. The van der Waals surface area contributed by atoms with E-state index in [0.29, 0.717) is 53.1 Å². The van der Waals surface area contributed by atoms with Gasteiger partial charge in [-0.2, -0.15) is 0 Å². The van der Waals surface area contributed by atoms with Crippen LogP contribution < -0.4 is 69.6 Å². The summed E-state index contributed by atoms with van der Waals surface area (Å²) in [4.78, 5) is 66.9. The van der Waals surface area contributed by atoms with E-state index in [1.165, 1.54) is 27.0 Å². The largest absolute Gasteiger partial charge is 0.461 e. The molecule has 10 aromatic carbocycles. The molecule has 0 aliphatic carbocycles. The van der Waals surface area contributed by atoms with Gasteiger partial charge in [-0.3, -0.25) is 24.0 Å². The second-order valence-corrected chi connectivity index (χ2v) is 40.2. The lowest BCUT2D eigenvalue weighted by atomic mass is 9.86. The summed E-state index contributed by atoms with van der Waals surface area (Å²) < 4.78 is 59.3. The van der Waals surface area contributed by atoms with Crippen molar-refractivity contribution in [3.05, 3.63) is 290 Å². The van der Waals surface area contributed by atoms with Gasteiger partial charge in [0.1, 0.15) is 52.9 Å². The molecule has 1 aliphatic heterocycles. The van der Waals surface area contributed by atoms with E-state index in [1.807, 2.05) is 26.0 Å². The van der Waals surface area contributed by atoms with E-state index in [1.54, 1.807) is 182 Å². The number of anilines is 5. The van der Waals surface area contributed by atoms with Crippen molar-refractivity contribution in [3.63, 3.8) is 0 Å². The average Bonchev–Trinajstić information content (AvgIpc) is 0.728. The van der Waals surface area contributed by atoms with E-state index in [4.69, 9.17) is 60.1 Å². The molecule has 592 valence electrons. The maximum Gasteiger partial charge on any atom is 0.461 e. The number of nitrogens with one attached hydrogen (secondary N) is 5. The van der Waals surface area contributed by atoms with E-state index in [-0.39, 0.29) is 87.7 Å². The number of amides is 5. The van der Waals surface area contributed by atoms with Gasteiger partial charge in [-0.1, -0.05) is 220 Å². The number of aryl methyl sites for hydroxylation is 1. The smallest absolute Gasteiger partial charge is 0.413 e. The van der Waals surface area contributed by atoms with Gasteiger partial charge in [0.15, 0.2) is 5.66 Å². The predicted octanol–water partition coefficient (Wildman–Crippen LogP) is 23.2. The minimum Gasteiger partial charge on any atom is -0.413 e. The van der Waals surface area contributed by atoms with Crippen molar-refractivity contribution >= 4 is 131 Å². The minimum atomic E-state index is -4.60. The van der Waals surface area contributed by atoms with Crippen molar-refractivity contribution in [2.24, 2.45) is 37.2 Å². The molecule has 8 unspecified atom stereocenters. The first-order valence-electron chi connectivity index (χ1n) is 38.4. The van der Waals surface area contributed by atoms with E-state index in [9.17, 15) is 24.0 Å². The Morgan fingerprint density at radius 1 is 0.391 bits per heavy atom. The zero-order valence-electron chi connectivity index (χ0n) is 66.1. The molecule has 0 spiro atoms. The monoisotopic (exact) mass is 1650 g/mol. The third kappa shape index (κ3) is 24.7. The summed E-state index contributed by atoms with van der Waals surface area (Å²) in [7, 11) is -8.43. The zero-order chi connectivity index (χ0) is 81.7. The van der Waals surface area contributed by atoms with Gasteiger partial charge in [-0.15, -0.1) is 0 Å². The average molecular weight is 1650 g/mol. The number of nitrogens with zero attached hydrogens (tertiary/aromatic N) is 3. The second-order valence-electron chi connectivity index (χ2n) is 29.0. The Balaban J connectivity index is 0.908. The number of carbonyl (C=O) groups excluding carboxylic acids is 5. The molecule has 0 bridgehead atoms. The number of hydrogen-bond donors (Lipinski definition) is 5. The fourth-order valence-electron chi connectivity index (χ4n) is 11.9. The lowest BCUT2D eigenvalue weighted by Crippen LogP contribution is -2.22. The third-order valence-corrected chi connectivity index (χ3v) is 31.2. The summed E-state index contributed by atoms with van der Waals surface area (Å²) in [5, 5.41) is 18.8. The maximum atomic E-state index is 14.2. The Labute approximate surface area is 684 Å². The first kappa shape index (κ1) is 85.7. The van der Waals surface area contributed by atoms with Gasteiger partial charge < -0.3 is 53.7 Å². The first-order valence-corrected chi connectivity index (χ1v) is 46.8. The molecule has 19 nitrogen and oxygen atoms in total. The molecule has 26 heteroatoms. The minimum absolute atomic E-state index is 0.116. The van der Waals surface area contributed by atoms with E-state index in [2.05, 4.69) is 161 Å². The fourth-order valence-corrected chi connectivity index (χ4v) is 23.8. The number of allylic oxidation sites excluding steroid dienone is 2. The van der Waals surface area contributed by atoms with Crippen LogP contribution in [0.15, 0.2) is 287 Å². The molecule has 1 heterocycles. The van der Waals surface area contributed by atoms with Gasteiger partial charge in [0, 0.05) is 58.2 Å². The molecular formula is C89H97BN8O11P5S+. The van der Waals surface area contributed by atoms with Crippen LogP contribution >= 0.6 is 37.5 Å². The normalized spacial score (nSPS) is 16.9. The van der Waals surface area contributed by atoms with Crippen molar-refractivity contribution in [1.29, 1.82) is 0 Å². The highest BCUT2D eigenvalue weighted by Gasteiger charge is 2.49. The maximum absolute atomic E-state index is 14.2. The van der Waals surface area contributed by atoms with Crippen LogP contribution in [0.3, 0.4) is 0 Å². The van der Waals surface area contributed by atoms with Crippen LogP contribution in [0.2, 0.25) is 0 Å². The van der Waals surface area contributed by atoms with Gasteiger partial charge in [0.05, 0.1) is 0 Å². The van der Waals surface area contributed by atoms with Crippen molar-refractivity contribution in [2.45, 2.75) is 119 Å². The Bertz CT molecular complexity index is 5170. The van der Waals surface area contributed by atoms with Crippen LogP contribution in [-0.2, 0) is 35.8 Å². The molecule has 10 aromatic rings. The molecule has 1 aliphatic rings. The van der Waals surface area contributed by atoms with E-state index < -0.39 is 43.1 Å². The molecule has 5 N–H and O–H groups in total. The molecule has 11 rings (SSSR count). The van der Waals surface area contributed by atoms with E-state index >= 15 is 0 Å². The number of rotatable bonds is 36. The van der Waals surface area contributed by atoms with E-state index in [0.717, 1.165) is 24.8 Å². The van der Waals surface area contributed by atoms with Crippen LogP contribution in [-0.4, -0.2) is 42.8 Å². The Kier molecular flexibility index (Phi) is 30.1. The summed E-state index contributed by atoms with van der Waals surface area (Å²) in [5.41, 5.74) is 5.09. The summed E-state index contributed by atoms with van der Waals surface area (Å²) in [6, 6.07) is 81.6. The van der Waals surface area contributed by atoms with Gasteiger partial charge >= 0.3 is 30.5 Å². The summed E-state index contributed by atoms with van der Waals surface area (Å²) in [5.74, 6) is -1.01. The second kappa shape index (κ2) is 40.4. The Hall–Kier alpha value is -10.2. The summed E-state index contributed by atoms with van der Waals surface area (Å²) >= 11 is 5.29. The summed E-state index contributed by atoms with van der Waals surface area (Å²) in [6.45, 7) is 17.0. The van der Waals surface area contributed by atoms with Crippen LogP contribution in [0.5, 0.6) is 34.5 Å². The highest BCUT2D eigenvalue weighted by Crippen LogP contribution is 2.79. The molecule has 0 saturated carbocycles. The summed E-state index contributed by atoms with van der Waals surface area (Å²) in [6.07, 6.45) is 8.65. The molecule has 2 radical (unpaired) electrons. The predicted molar refractivity (Wildman–Crippen MR) is 476 cm³/mol. The molecule has 0 saturated heterocycles. The molecule has 115 heavy (non-hydrogen) atoms. The highest BCUT2D eigenvalue weighted by molar-refractivity contribution is 8.17.